The van der Waals surface area contributed by atoms with E-state index in [4.69, 9.17) is 10.5 Å². The number of nitrogens with one attached hydrogen (secondary N) is 1. The number of carbonyl (C=O) groups excluding carboxylic acids is 1. The van der Waals surface area contributed by atoms with Crippen molar-refractivity contribution >= 4 is 28.3 Å². The van der Waals surface area contributed by atoms with Crippen molar-refractivity contribution in [2.75, 3.05) is 24.1 Å². The van der Waals surface area contributed by atoms with Crippen molar-refractivity contribution in [2.45, 2.75) is 45.8 Å². The molecule has 112 valence electrons. The van der Waals surface area contributed by atoms with Crippen molar-refractivity contribution in [3.8, 4) is 5.75 Å². The molecule has 1 fully saturated rings. The first-order valence-electron chi connectivity index (χ1n) is 6.96. The predicted octanol–water partition coefficient (Wildman–Crippen LogP) is 1.94. The molecule has 2 rings (SSSR count). The number of nitrogens with two attached hydrogens (primary N) is 1. The number of nitrogen functional groups attached to an aromatic ring is 1. The molecule has 7 heteroatoms. The van der Waals surface area contributed by atoms with Gasteiger partial charge >= 0.3 is 0 Å². The molecule has 6 nitrogen and oxygen atoms in total. The van der Waals surface area contributed by atoms with Crippen LogP contribution < -0.4 is 15.8 Å². The van der Waals surface area contributed by atoms with E-state index in [9.17, 15) is 4.79 Å². The summed E-state index contributed by atoms with van der Waals surface area (Å²) in [6, 6.07) is -0.303. The first kappa shape index (κ1) is 14.9. The Labute approximate surface area is 123 Å². The van der Waals surface area contributed by atoms with Crippen molar-refractivity contribution in [2.24, 2.45) is 0 Å². The molecule has 1 unspecified atom stereocenters. The molecule has 0 aromatic carbocycles. The molecule has 1 aliphatic heterocycles. The summed E-state index contributed by atoms with van der Waals surface area (Å²) in [6.45, 7) is 7.42. The SMILES string of the molecule is CC(C)Oc1c(N)nsc1NC(C)C(=O)N1CCCC1. The molecular weight excluding hydrogens is 276 g/mol. The number of aromatic nitrogens is 1. The van der Waals surface area contributed by atoms with E-state index in [2.05, 4.69) is 9.69 Å². The van der Waals surface area contributed by atoms with Crippen molar-refractivity contribution in [1.29, 1.82) is 0 Å². The highest BCUT2D eigenvalue weighted by Gasteiger charge is 2.25. The minimum absolute atomic E-state index is 0.0128. The van der Waals surface area contributed by atoms with Crippen LogP contribution in [0.3, 0.4) is 0 Å². The maximum Gasteiger partial charge on any atom is 0.244 e. The maximum absolute atomic E-state index is 12.3. The van der Waals surface area contributed by atoms with Crippen molar-refractivity contribution in [3.05, 3.63) is 0 Å². The molecule has 1 saturated heterocycles. The van der Waals surface area contributed by atoms with Gasteiger partial charge in [0.25, 0.3) is 0 Å². The van der Waals surface area contributed by atoms with Gasteiger partial charge in [0.2, 0.25) is 5.91 Å². The highest BCUT2D eigenvalue weighted by Crippen LogP contribution is 2.36. The molecule has 3 N–H and O–H groups in total. The van der Waals surface area contributed by atoms with Gasteiger partial charge in [-0.1, -0.05) is 0 Å². The molecule has 1 aromatic heterocycles. The number of rotatable bonds is 5. The topological polar surface area (TPSA) is 80.5 Å². The monoisotopic (exact) mass is 298 g/mol. The molecule has 20 heavy (non-hydrogen) atoms. The molecule has 1 atom stereocenters. The third-order valence-electron chi connectivity index (χ3n) is 3.16. The minimum Gasteiger partial charge on any atom is -0.484 e. The highest BCUT2D eigenvalue weighted by atomic mass is 32.1. The van der Waals surface area contributed by atoms with Crippen LogP contribution in [0.15, 0.2) is 0 Å². The first-order valence-corrected chi connectivity index (χ1v) is 7.73. The van der Waals surface area contributed by atoms with E-state index in [1.165, 1.54) is 11.5 Å². The first-order chi connectivity index (χ1) is 9.49. The predicted molar refractivity (Wildman–Crippen MR) is 81.2 cm³/mol. The van der Waals surface area contributed by atoms with Gasteiger partial charge in [-0.2, -0.15) is 4.37 Å². The number of anilines is 2. The van der Waals surface area contributed by atoms with Gasteiger partial charge in [0.1, 0.15) is 6.04 Å². The van der Waals surface area contributed by atoms with E-state index < -0.39 is 0 Å². The van der Waals surface area contributed by atoms with Crippen LogP contribution in [-0.2, 0) is 4.79 Å². The van der Waals surface area contributed by atoms with E-state index >= 15 is 0 Å². The molecule has 1 aliphatic rings. The third-order valence-corrected chi connectivity index (χ3v) is 3.94. The van der Waals surface area contributed by atoms with Crippen molar-refractivity contribution in [3.63, 3.8) is 0 Å². The largest absolute Gasteiger partial charge is 0.484 e. The van der Waals surface area contributed by atoms with E-state index in [1.807, 2.05) is 25.7 Å². The Morgan fingerprint density at radius 3 is 2.65 bits per heavy atom. The Morgan fingerprint density at radius 2 is 2.05 bits per heavy atom. The van der Waals surface area contributed by atoms with Gasteiger partial charge < -0.3 is 20.7 Å². The Morgan fingerprint density at radius 1 is 1.40 bits per heavy atom. The lowest BCUT2D eigenvalue weighted by Crippen LogP contribution is -2.39. The fourth-order valence-electron chi connectivity index (χ4n) is 2.21. The summed E-state index contributed by atoms with van der Waals surface area (Å²) in [7, 11) is 0. The fourth-order valence-corrected chi connectivity index (χ4v) is 2.94. The second-order valence-corrected chi connectivity index (χ2v) is 6.06. The van der Waals surface area contributed by atoms with Crippen LogP contribution >= 0.6 is 11.5 Å². The molecular formula is C13H22N4O2S. The lowest BCUT2D eigenvalue weighted by molar-refractivity contribution is -0.130. The Hall–Kier alpha value is -1.50. The van der Waals surface area contributed by atoms with Crippen LogP contribution in [0.2, 0.25) is 0 Å². The molecule has 0 saturated carbocycles. The molecule has 0 aliphatic carbocycles. The maximum atomic E-state index is 12.3. The summed E-state index contributed by atoms with van der Waals surface area (Å²) in [5.41, 5.74) is 5.80. The van der Waals surface area contributed by atoms with Gasteiger partial charge in [-0.3, -0.25) is 4.79 Å². The second-order valence-electron chi connectivity index (χ2n) is 5.29. The average molecular weight is 298 g/mol. The van der Waals surface area contributed by atoms with E-state index in [1.54, 1.807) is 0 Å². The van der Waals surface area contributed by atoms with Crippen LogP contribution in [-0.4, -0.2) is 40.4 Å². The molecule has 0 radical (unpaired) electrons. The Bertz CT molecular complexity index is 469. The van der Waals surface area contributed by atoms with Gasteiger partial charge in [-0.15, -0.1) is 0 Å². The number of carbonyl (C=O) groups is 1. The molecule has 0 spiro atoms. The van der Waals surface area contributed by atoms with Crippen LogP contribution in [0.25, 0.3) is 0 Å². The lowest BCUT2D eigenvalue weighted by Gasteiger charge is -2.21. The second kappa shape index (κ2) is 6.30. The Balaban J connectivity index is 2.03. The summed E-state index contributed by atoms with van der Waals surface area (Å²) in [4.78, 5) is 14.2. The van der Waals surface area contributed by atoms with Crippen LogP contribution in [0.5, 0.6) is 5.75 Å². The standard InChI is InChI=1S/C13H22N4O2S/c1-8(2)19-10-11(14)16-20-12(10)15-9(3)13(18)17-6-4-5-7-17/h8-9,15H,4-7H2,1-3H3,(H2,14,16). The van der Waals surface area contributed by atoms with E-state index in [-0.39, 0.29) is 18.1 Å². The summed E-state index contributed by atoms with van der Waals surface area (Å²) in [6.07, 6.45) is 2.19. The number of nitrogens with zero attached hydrogens (tertiary/aromatic N) is 2. The number of amides is 1. The third kappa shape index (κ3) is 3.33. The number of hydrogen-bond acceptors (Lipinski definition) is 6. The lowest BCUT2D eigenvalue weighted by atomic mass is 10.3. The molecule has 1 amide bonds. The summed E-state index contributed by atoms with van der Waals surface area (Å²) in [5, 5.41) is 3.89. The minimum atomic E-state index is -0.303. The van der Waals surface area contributed by atoms with E-state index in [0.717, 1.165) is 30.9 Å². The van der Waals surface area contributed by atoms with Crippen LogP contribution in [0.1, 0.15) is 33.6 Å². The average Bonchev–Trinajstić information content (AvgIpc) is 3.02. The number of likely N-dealkylation sites (tertiary alicyclic amines) is 1. The number of ether oxygens (including phenoxy) is 1. The quantitative estimate of drug-likeness (QED) is 0.868. The fraction of sp³-hybridized carbons (Fsp3) is 0.692. The zero-order valence-corrected chi connectivity index (χ0v) is 13.0. The molecule has 1 aromatic rings. The van der Waals surface area contributed by atoms with Crippen molar-refractivity contribution < 1.29 is 9.53 Å². The van der Waals surface area contributed by atoms with Gasteiger partial charge in [0, 0.05) is 13.1 Å². The normalized spacial score (nSPS) is 16.5. The summed E-state index contributed by atoms with van der Waals surface area (Å²) < 4.78 is 9.74. The van der Waals surface area contributed by atoms with Gasteiger partial charge in [-0.25, -0.2) is 0 Å². The molecule has 0 bridgehead atoms. The van der Waals surface area contributed by atoms with Crippen molar-refractivity contribution in [1.82, 2.24) is 9.27 Å². The highest BCUT2D eigenvalue weighted by molar-refractivity contribution is 7.11. The Kier molecular flexibility index (Phi) is 4.69. The summed E-state index contributed by atoms with van der Waals surface area (Å²) >= 11 is 1.22. The zero-order chi connectivity index (χ0) is 14.7. The summed E-state index contributed by atoms with van der Waals surface area (Å²) in [5.74, 6) is 1.03. The van der Waals surface area contributed by atoms with Gasteiger partial charge in [0.05, 0.1) is 6.10 Å². The van der Waals surface area contributed by atoms with Crippen LogP contribution in [0.4, 0.5) is 10.8 Å². The van der Waals surface area contributed by atoms with Crippen LogP contribution in [0, 0.1) is 0 Å². The molecule has 2 heterocycles. The van der Waals surface area contributed by atoms with Gasteiger partial charge in [-0.05, 0) is 45.1 Å². The smallest absolute Gasteiger partial charge is 0.244 e. The van der Waals surface area contributed by atoms with E-state index in [0.29, 0.717) is 11.6 Å². The number of hydrogen-bond donors (Lipinski definition) is 2. The van der Waals surface area contributed by atoms with Gasteiger partial charge in [0.15, 0.2) is 16.6 Å². The zero-order valence-electron chi connectivity index (χ0n) is 12.2.